The van der Waals surface area contributed by atoms with Crippen LogP contribution in [0.15, 0.2) is 55.1 Å². The molecule has 22 heavy (non-hydrogen) atoms. The lowest BCUT2D eigenvalue weighted by Crippen LogP contribution is -2.07. The lowest BCUT2D eigenvalue weighted by atomic mass is 9.90. The number of hydrogen-bond donors (Lipinski definition) is 1. The van der Waals surface area contributed by atoms with E-state index in [0.29, 0.717) is 10.9 Å². The minimum Gasteiger partial charge on any atom is -0.323 e. The first-order valence-corrected chi connectivity index (χ1v) is 7.76. The smallest absolute Gasteiger partial charge is 0.247 e. The number of hydrogen-bond acceptors (Lipinski definition) is 1. The maximum Gasteiger partial charge on any atom is 0.247 e. The third kappa shape index (κ3) is 3.77. The van der Waals surface area contributed by atoms with E-state index in [2.05, 4.69) is 31.8 Å². The Balaban J connectivity index is 2.47. The van der Waals surface area contributed by atoms with Crippen molar-refractivity contribution in [1.82, 2.24) is 0 Å². The van der Waals surface area contributed by atoms with Crippen LogP contribution in [0.5, 0.6) is 0 Å². The summed E-state index contributed by atoms with van der Waals surface area (Å²) in [5.74, 6) is 0.226. The fourth-order valence-corrected chi connectivity index (χ4v) is 2.56. The Labute approximate surface area is 136 Å². The van der Waals surface area contributed by atoms with Crippen LogP contribution in [-0.4, -0.2) is 5.91 Å². The molecular formula is C19H20ClNO. The van der Waals surface area contributed by atoms with Crippen molar-refractivity contribution in [3.05, 3.63) is 65.7 Å². The van der Waals surface area contributed by atoms with Gasteiger partial charge >= 0.3 is 0 Å². The minimum atomic E-state index is -0.217. The van der Waals surface area contributed by atoms with Crippen LogP contribution in [0, 0.1) is 0 Å². The molecule has 0 spiro atoms. The van der Waals surface area contributed by atoms with Gasteiger partial charge in [-0.1, -0.05) is 50.2 Å². The highest BCUT2D eigenvalue weighted by molar-refractivity contribution is 6.30. The van der Waals surface area contributed by atoms with E-state index in [4.69, 9.17) is 11.6 Å². The van der Waals surface area contributed by atoms with Crippen molar-refractivity contribution >= 4 is 23.2 Å². The number of benzene rings is 2. The first kappa shape index (κ1) is 16.3. The number of nitrogens with one attached hydrogen (secondary N) is 1. The molecule has 1 atom stereocenters. The highest BCUT2D eigenvalue weighted by Crippen LogP contribution is 2.34. The molecule has 0 radical (unpaired) electrons. The summed E-state index contributed by atoms with van der Waals surface area (Å²) in [7, 11) is 0. The zero-order valence-electron chi connectivity index (χ0n) is 12.9. The standard InChI is InChI=1S/C19H20ClNO/c1-4-13(3)17-10-9-15(20)12-18(17)14-7-6-8-16(11-14)21-19(22)5-2/h5-13H,2,4H2,1,3H3,(H,21,22). The van der Waals surface area contributed by atoms with E-state index >= 15 is 0 Å². The van der Waals surface area contributed by atoms with Crippen LogP contribution >= 0.6 is 11.6 Å². The summed E-state index contributed by atoms with van der Waals surface area (Å²) in [5, 5.41) is 3.50. The molecule has 0 aliphatic carbocycles. The molecule has 2 rings (SSSR count). The van der Waals surface area contributed by atoms with Crippen molar-refractivity contribution < 1.29 is 4.79 Å². The van der Waals surface area contributed by atoms with Gasteiger partial charge in [-0.25, -0.2) is 0 Å². The first-order chi connectivity index (χ1) is 10.5. The van der Waals surface area contributed by atoms with Gasteiger partial charge in [0.25, 0.3) is 0 Å². The number of carbonyl (C=O) groups excluding carboxylic acids is 1. The lowest BCUT2D eigenvalue weighted by molar-refractivity contribution is -0.111. The topological polar surface area (TPSA) is 29.1 Å². The molecule has 2 aromatic rings. The number of rotatable bonds is 5. The van der Waals surface area contributed by atoms with Gasteiger partial charge in [-0.2, -0.15) is 0 Å². The molecule has 2 aromatic carbocycles. The van der Waals surface area contributed by atoms with Gasteiger partial charge in [-0.05, 0) is 59.4 Å². The summed E-state index contributed by atoms with van der Waals surface area (Å²) >= 11 is 6.18. The molecule has 114 valence electrons. The number of halogens is 1. The zero-order chi connectivity index (χ0) is 16.1. The number of amides is 1. The summed E-state index contributed by atoms with van der Waals surface area (Å²) in [5.41, 5.74) is 4.16. The van der Waals surface area contributed by atoms with E-state index in [1.54, 1.807) is 0 Å². The normalized spacial score (nSPS) is 11.8. The second-order valence-electron chi connectivity index (χ2n) is 5.32. The Morgan fingerprint density at radius 1 is 1.32 bits per heavy atom. The predicted molar refractivity (Wildman–Crippen MR) is 94.4 cm³/mol. The second-order valence-corrected chi connectivity index (χ2v) is 5.75. The Morgan fingerprint density at radius 3 is 2.77 bits per heavy atom. The monoisotopic (exact) mass is 313 g/mol. The van der Waals surface area contributed by atoms with Crippen molar-refractivity contribution in [3.8, 4) is 11.1 Å². The quantitative estimate of drug-likeness (QED) is 0.710. The van der Waals surface area contributed by atoms with Gasteiger partial charge in [0.2, 0.25) is 5.91 Å². The molecule has 0 fully saturated rings. The molecule has 0 saturated heterocycles. The number of carbonyl (C=O) groups is 1. The van der Waals surface area contributed by atoms with Gasteiger partial charge in [0.1, 0.15) is 0 Å². The molecule has 2 nitrogen and oxygen atoms in total. The van der Waals surface area contributed by atoms with Crippen LogP contribution in [0.25, 0.3) is 11.1 Å². The van der Waals surface area contributed by atoms with Gasteiger partial charge < -0.3 is 5.32 Å². The molecular weight excluding hydrogens is 294 g/mol. The predicted octanol–water partition coefficient (Wildman–Crippen LogP) is 5.65. The average molecular weight is 314 g/mol. The Bertz CT molecular complexity index is 694. The van der Waals surface area contributed by atoms with E-state index in [1.807, 2.05) is 36.4 Å². The second kappa shape index (κ2) is 7.28. The third-order valence-corrected chi connectivity index (χ3v) is 4.02. The van der Waals surface area contributed by atoms with Crippen LogP contribution in [0.1, 0.15) is 31.7 Å². The van der Waals surface area contributed by atoms with Crippen LogP contribution in [0.2, 0.25) is 5.02 Å². The lowest BCUT2D eigenvalue weighted by Gasteiger charge is -2.16. The molecule has 3 heteroatoms. The van der Waals surface area contributed by atoms with Gasteiger partial charge in [0, 0.05) is 10.7 Å². The van der Waals surface area contributed by atoms with E-state index in [-0.39, 0.29) is 5.91 Å². The molecule has 1 amide bonds. The van der Waals surface area contributed by atoms with Crippen LogP contribution in [0.3, 0.4) is 0 Å². The molecule has 0 heterocycles. The van der Waals surface area contributed by atoms with Crippen LogP contribution < -0.4 is 5.32 Å². The summed E-state index contributed by atoms with van der Waals surface area (Å²) < 4.78 is 0. The SMILES string of the molecule is C=CC(=O)Nc1cccc(-c2cc(Cl)ccc2C(C)CC)c1. The van der Waals surface area contributed by atoms with E-state index < -0.39 is 0 Å². The van der Waals surface area contributed by atoms with Crippen LogP contribution in [-0.2, 0) is 4.79 Å². The molecule has 0 aromatic heterocycles. The largest absolute Gasteiger partial charge is 0.323 e. The van der Waals surface area contributed by atoms with E-state index in [0.717, 1.165) is 23.2 Å². The van der Waals surface area contributed by atoms with Gasteiger partial charge in [0.15, 0.2) is 0 Å². The number of anilines is 1. The molecule has 1 N–H and O–H groups in total. The highest BCUT2D eigenvalue weighted by atomic mass is 35.5. The van der Waals surface area contributed by atoms with Crippen molar-refractivity contribution in [2.75, 3.05) is 5.32 Å². The van der Waals surface area contributed by atoms with Crippen molar-refractivity contribution in [2.24, 2.45) is 0 Å². The van der Waals surface area contributed by atoms with Crippen molar-refractivity contribution in [1.29, 1.82) is 0 Å². The summed E-state index contributed by atoms with van der Waals surface area (Å²) in [6.07, 6.45) is 2.32. The van der Waals surface area contributed by atoms with E-state index in [9.17, 15) is 4.79 Å². The average Bonchev–Trinajstić information content (AvgIpc) is 2.54. The first-order valence-electron chi connectivity index (χ1n) is 7.38. The Hall–Kier alpha value is -2.06. The van der Waals surface area contributed by atoms with Gasteiger partial charge in [0.05, 0.1) is 0 Å². The van der Waals surface area contributed by atoms with Crippen molar-refractivity contribution in [3.63, 3.8) is 0 Å². The van der Waals surface area contributed by atoms with Gasteiger partial charge in [-0.15, -0.1) is 0 Å². The fourth-order valence-electron chi connectivity index (χ4n) is 2.39. The highest BCUT2D eigenvalue weighted by Gasteiger charge is 2.12. The summed E-state index contributed by atoms with van der Waals surface area (Å²) in [6, 6.07) is 13.8. The summed E-state index contributed by atoms with van der Waals surface area (Å²) in [6.45, 7) is 7.84. The Morgan fingerprint density at radius 2 is 2.09 bits per heavy atom. The molecule has 0 aliphatic heterocycles. The molecule has 0 saturated carbocycles. The molecule has 1 unspecified atom stereocenters. The van der Waals surface area contributed by atoms with Crippen molar-refractivity contribution in [2.45, 2.75) is 26.2 Å². The maximum atomic E-state index is 11.5. The van der Waals surface area contributed by atoms with Gasteiger partial charge in [-0.3, -0.25) is 4.79 Å². The van der Waals surface area contributed by atoms with Crippen LogP contribution in [0.4, 0.5) is 5.69 Å². The minimum absolute atomic E-state index is 0.217. The van der Waals surface area contributed by atoms with E-state index in [1.165, 1.54) is 11.6 Å². The molecule has 0 aliphatic rings. The molecule has 0 bridgehead atoms. The third-order valence-electron chi connectivity index (χ3n) is 3.79. The maximum absolute atomic E-state index is 11.5. The summed E-state index contributed by atoms with van der Waals surface area (Å²) in [4.78, 5) is 11.5. The Kier molecular flexibility index (Phi) is 5.40. The zero-order valence-corrected chi connectivity index (χ0v) is 13.7. The fraction of sp³-hybridized carbons (Fsp3) is 0.211.